The number of carbonyl (C=O) groups is 1. The molecule has 1 saturated heterocycles. The molecule has 5 nitrogen and oxygen atoms in total. The molecule has 1 amide bonds. The van der Waals surface area contributed by atoms with Gasteiger partial charge < -0.3 is 21.1 Å². The van der Waals surface area contributed by atoms with E-state index in [2.05, 4.69) is 55.4 Å². The molecule has 1 aliphatic rings. The second-order valence-corrected chi connectivity index (χ2v) is 8.02. The highest BCUT2D eigenvalue weighted by atomic mass is 127. The summed E-state index contributed by atoms with van der Waals surface area (Å²) in [5.74, 6) is 0.173. The molecule has 1 aliphatic heterocycles. The van der Waals surface area contributed by atoms with Crippen molar-refractivity contribution in [2.75, 3.05) is 26.2 Å². The van der Waals surface area contributed by atoms with Gasteiger partial charge in [-0.05, 0) is 76.7 Å². The summed E-state index contributed by atoms with van der Waals surface area (Å²) in [6.45, 7) is 4.16. The number of likely N-dealkylation sites (tertiary alicyclic amines) is 1. The smallest absolute Gasteiger partial charge is 0.221 e. The number of hydrogen-bond donors (Lipinski definition) is 3. The van der Waals surface area contributed by atoms with E-state index >= 15 is 0 Å². The number of aromatic hydroxyl groups is 1. The quantitative estimate of drug-likeness (QED) is 0.389. The number of piperidine rings is 1. The molecular weight excluding hydrogens is 508 g/mol. The first-order valence-corrected chi connectivity index (χ1v) is 9.52. The minimum absolute atomic E-state index is 0.00456. The van der Waals surface area contributed by atoms with Gasteiger partial charge in [0.2, 0.25) is 5.91 Å². The number of amides is 1. The number of primary amides is 1. The Balaban J connectivity index is 1.77. The fraction of sp³-hybridized carbons (Fsp3) is 0.533. The predicted molar refractivity (Wildman–Crippen MR) is 104 cm³/mol. The number of nitrogens with one attached hydrogen (secondary N) is 1. The van der Waals surface area contributed by atoms with Crippen LogP contribution in [0.15, 0.2) is 12.1 Å². The van der Waals surface area contributed by atoms with Crippen LogP contribution in [0.4, 0.5) is 0 Å². The Morgan fingerprint density at radius 2 is 2.23 bits per heavy atom. The van der Waals surface area contributed by atoms with Crippen molar-refractivity contribution >= 4 is 51.1 Å². The second-order valence-electron chi connectivity index (χ2n) is 5.61. The van der Waals surface area contributed by atoms with Crippen LogP contribution < -0.4 is 11.1 Å². The van der Waals surface area contributed by atoms with Crippen LogP contribution in [-0.4, -0.2) is 42.1 Å². The summed E-state index contributed by atoms with van der Waals surface area (Å²) in [5.41, 5.74) is 6.32. The molecular formula is C15H21I2N3O2. The third-order valence-corrected chi connectivity index (χ3v) is 5.38. The maximum absolute atomic E-state index is 11.3. The van der Waals surface area contributed by atoms with Gasteiger partial charge in [0.25, 0.3) is 0 Å². The molecule has 122 valence electrons. The van der Waals surface area contributed by atoms with E-state index in [1.165, 1.54) is 0 Å². The summed E-state index contributed by atoms with van der Waals surface area (Å²) >= 11 is 4.40. The lowest BCUT2D eigenvalue weighted by atomic mass is 9.97. The van der Waals surface area contributed by atoms with Crippen LogP contribution >= 0.6 is 45.2 Å². The highest BCUT2D eigenvalue weighted by molar-refractivity contribution is 14.1. The molecule has 22 heavy (non-hydrogen) atoms. The fourth-order valence-corrected chi connectivity index (χ4v) is 4.67. The molecule has 1 fully saturated rings. The molecule has 0 aromatic heterocycles. The molecule has 0 saturated carbocycles. The monoisotopic (exact) mass is 529 g/mol. The first-order chi connectivity index (χ1) is 10.5. The second kappa shape index (κ2) is 8.65. The van der Waals surface area contributed by atoms with Crippen molar-refractivity contribution < 1.29 is 9.90 Å². The summed E-state index contributed by atoms with van der Waals surface area (Å²) in [6.07, 6.45) is 1.94. The van der Waals surface area contributed by atoms with Gasteiger partial charge in [0.1, 0.15) is 5.75 Å². The van der Waals surface area contributed by atoms with E-state index in [0.29, 0.717) is 12.3 Å². The van der Waals surface area contributed by atoms with E-state index in [0.717, 1.165) is 51.7 Å². The largest absolute Gasteiger partial charge is 0.507 e. The van der Waals surface area contributed by atoms with Crippen LogP contribution in [0.1, 0.15) is 18.4 Å². The maximum atomic E-state index is 11.3. The summed E-state index contributed by atoms with van der Waals surface area (Å²) in [4.78, 5) is 13.5. The molecule has 2 rings (SSSR count). The standard InChI is InChI=1S/C15H21I2N3O2/c16-12-6-11(14(21)13(17)7-12)8-19-3-5-20-4-1-2-10(9-20)15(18)22/h6-7,10,19,21H,1-5,8-9H2,(H2,18,22). The van der Waals surface area contributed by atoms with E-state index < -0.39 is 0 Å². The van der Waals surface area contributed by atoms with Gasteiger partial charge in [-0.1, -0.05) is 0 Å². The Kier molecular flexibility index (Phi) is 7.16. The zero-order valence-electron chi connectivity index (χ0n) is 12.3. The van der Waals surface area contributed by atoms with Crippen LogP contribution in [0.2, 0.25) is 0 Å². The summed E-state index contributed by atoms with van der Waals surface area (Å²) < 4.78 is 2.00. The van der Waals surface area contributed by atoms with Gasteiger partial charge >= 0.3 is 0 Å². The third kappa shape index (κ3) is 5.20. The molecule has 1 aromatic carbocycles. The normalized spacial score (nSPS) is 19.3. The lowest BCUT2D eigenvalue weighted by Crippen LogP contribution is -2.43. The first-order valence-electron chi connectivity index (χ1n) is 7.36. The van der Waals surface area contributed by atoms with Crippen LogP contribution in [0.25, 0.3) is 0 Å². The predicted octanol–water partition coefficient (Wildman–Crippen LogP) is 1.89. The topological polar surface area (TPSA) is 78.6 Å². The summed E-state index contributed by atoms with van der Waals surface area (Å²) in [6, 6.07) is 3.95. The van der Waals surface area contributed by atoms with Gasteiger partial charge in [0, 0.05) is 35.3 Å². The molecule has 0 spiro atoms. The van der Waals surface area contributed by atoms with Gasteiger partial charge in [0.05, 0.1) is 9.49 Å². The van der Waals surface area contributed by atoms with Crippen LogP contribution in [0, 0.1) is 13.1 Å². The third-order valence-electron chi connectivity index (χ3n) is 3.94. The van der Waals surface area contributed by atoms with Gasteiger partial charge in [-0.2, -0.15) is 0 Å². The van der Waals surface area contributed by atoms with Gasteiger partial charge in [-0.15, -0.1) is 0 Å². The number of nitrogens with zero attached hydrogens (tertiary/aromatic N) is 1. The number of halogens is 2. The average Bonchev–Trinajstić information content (AvgIpc) is 2.48. The van der Waals surface area contributed by atoms with Crippen molar-refractivity contribution in [1.29, 1.82) is 0 Å². The highest BCUT2D eigenvalue weighted by Gasteiger charge is 2.23. The van der Waals surface area contributed by atoms with Gasteiger partial charge in [0.15, 0.2) is 0 Å². The molecule has 1 atom stereocenters. The number of phenolic OH excluding ortho intramolecular Hbond substituents is 1. The molecule has 1 aromatic rings. The molecule has 1 unspecified atom stereocenters. The van der Waals surface area contributed by atoms with Crippen LogP contribution in [0.5, 0.6) is 5.75 Å². The Morgan fingerprint density at radius 1 is 1.45 bits per heavy atom. The average molecular weight is 529 g/mol. The minimum atomic E-state index is -0.184. The Bertz CT molecular complexity index is 540. The minimum Gasteiger partial charge on any atom is -0.507 e. The molecule has 1 heterocycles. The van der Waals surface area contributed by atoms with E-state index in [9.17, 15) is 9.90 Å². The molecule has 0 radical (unpaired) electrons. The van der Waals surface area contributed by atoms with E-state index in [4.69, 9.17) is 5.73 Å². The number of phenols is 1. The number of hydrogen-bond acceptors (Lipinski definition) is 4. The number of rotatable bonds is 6. The SMILES string of the molecule is NC(=O)C1CCCN(CCNCc2cc(I)cc(I)c2O)C1. The Labute approximate surface area is 158 Å². The van der Waals surface area contributed by atoms with Gasteiger partial charge in [-0.25, -0.2) is 0 Å². The van der Waals surface area contributed by atoms with E-state index in [-0.39, 0.29) is 11.8 Å². The number of benzene rings is 1. The highest BCUT2D eigenvalue weighted by Crippen LogP contribution is 2.26. The molecule has 4 N–H and O–H groups in total. The number of carbonyl (C=O) groups excluding carboxylic acids is 1. The fourth-order valence-electron chi connectivity index (χ4n) is 2.71. The van der Waals surface area contributed by atoms with Crippen molar-refractivity contribution in [1.82, 2.24) is 10.2 Å². The van der Waals surface area contributed by atoms with Crippen molar-refractivity contribution in [3.05, 3.63) is 24.8 Å². The number of nitrogens with two attached hydrogens (primary N) is 1. The zero-order chi connectivity index (χ0) is 16.1. The Hall–Kier alpha value is -0.130. The molecule has 0 aliphatic carbocycles. The van der Waals surface area contributed by atoms with Crippen molar-refractivity contribution in [2.45, 2.75) is 19.4 Å². The van der Waals surface area contributed by atoms with Crippen molar-refractivity contribution in [3.8, 4) is 5.75 Å². The van der Waals surface area contributed by atoms with Crippen molar-refractivity contribution in [2.24, 2.45) is 11.7 Å². The van der Waals surface area contributed by atoms with Crippen LogP contribution in [-0.2, 0) is 11.3 Å². The lowest BCUT2D eigenvalue weighted by molar-refractivity contribution is -0.123. The first kappa shape index (κ1) is 18.2. The van der Waals surface area contributed by atoms with E-state index in [1.54, 1.807) is 0 Å². The van der Waals surface area contributed by atoms with Gasteiger partial charge in [-0.3, -0.25) is 4.79 Å². The zero-order valence-corrected chi connectivity index (χ0v) is 16.6. The molecule has 7 heteroatoms. The lowest BCUT2D eigenvalue weighted by Gasteiger charge is -2.31. The summed E-state index contributed by atoms with van der Waals surface area (Å²) in [7, 11) is 0. The summed E-state index contributed by atoms with van der Waals surface area (Å²) in [5, 5.41) is 13.4. The van der Waals surface area contributed by atoms with E-state index in [1.807, 2.05) is 12.1 Å². The maximum Gasteiger partial charge on any atom is 0.221 e. The molecule has 0 bridgehead atoms. The Morgan fingerprint density at radius 3 is 2.95 bits per heavy atom. The van der Waals surface area contributed by atoms with Crippen molar-refractivity contribution in [3.63, 3.8) is 0 Å². The van der Waals surface area contributed by atoms with Crippen LogP contribution in [0.3, 0.4) is 0 Å².